The second-order valence-electron chi connectivity index (χ2n) is 4.18. The van der Waals surface area contributed by atoms with Crippen molar-refractivity contribution in [3.05, 3.63) is 65.2 Å². The lowest BCUT2D eigenvalue weighted by molar-refractivity contribution is 0.0696. The fourth-order valence-corrected chi connectivity index (χ4v) is 2.56. The first kappa shape index (κ1) is 14.1. The third kappa shape index (κ3) is 3.61. The topological polar surface area (TPSA) is 80.4 Å². The van der Waals surface area contributed by atoms with Gasteiger partial charge in [-0.15, -0.1) is 11.8 Å². The van der Waals surface area contributed by atoms with Crippen LogP contribution in [0.25, 0.3) is 0 Å². The van der Waals surface area contributed by atoms with Crippen molar-refractivity contribution in [3.63, 3.8) is 0 Å². The lowest BCUT2D eigenvalue weighted by Gasteiger charge is -2.04. The molecule has 2 aromatic rings. The fourth-order valence-electron chi connectivity index (χ4n) is 1.65. The van der Waals surface area contributed by atoms with Crippen LogP contribution in [-0.2, 0) is 5.75 Å². The summed E-state index contributed by atoms with van der Waals surface area (Å²) in [6.07, 6.45) is 0. The average Bonchev–Trinajstić information content (AvgIpc) is 2.46. The number of carbonyl (C=O) groups excluding carboxylic acids is 1. The van der Waals surface area contributed by atoms with E-state index in [-0.39, 0.29) is 5.56 Å². The van der Waals surface area contributed by atoms with E-state index in [0.717, 1.165) is 10.5 Å². The Balaban J connectivity index is 2.03. The summed E-state index contributed by atoms with van der Waals surface area (Å²) >= 11 is 1.54. The highest BCUT2D eigenvalue weighted by molar-refractivity contribution is 7.98. The van der Waals surface area contributed by atoms with Crippen molar-refractivity contribution in [3.8, 4) is 0 Å². The second-order valence-corrected chi connectivity index (χ2v) is 5.23. The normalized spacial score (nSPS) is 10.2. The van der Waals surface area contributed by atoms with Crippen LogP contribution in [0.5, 0.6) is 0 Å². The van der Waals surface area contributed by atoms with Crippen LogP contribution in [0.1, 0.15) is 26.3 Å². The number of carboxylic acid groups (broad SMARTS) is 1. The molecule has 0 spiro atoms. The minimum Gasteiger partial charge on any atom is -0.478 e. The molecule has 0 radical (unpaired) electrons. The summed E-state index contributed by atoms with van der Waals surface area (Å²) in [4.78, 5) is 22.7. The summed E-state index contributed by atoms with van der Waals surface area (Å²) in [6.45, 7) is 0. The molecule has 1 amide bonds. The molecule has 0 saturated heterocycles. The average molecular weight is 287 g/mol. The van der Waals surface area contributed by atoms with Gasteiger partial charge in [-0.3, -0.25) is 4.79 Å². The van der Waals surface area contributed by atoms with E-state index in [1.807, 2.05) is 18.2 Å². The van der Waals surface area contributed by atoms with E-state index in [2.05, 4.69) is 0 Å². The standard InChI is InChI=1S/C15H13NO3S/c16-14(17)11-6-4-10(5-7-11)9-20-13-3-1-2-12(8-13)15(18)19/h1-8H,9H2,(H2,16,17)(H,18,19). The van der Waals surface area contributed by atoms with Crippen molar-refractivity contribution in [2.75, 3.05) is 0 Å². The Morgan fingerprint density at radius 1 is 1.05 bits per heavy atom. The van der Waals surface area contributed by atoms with Crippen LogP contribution in [0.4, 0.5) is 0 Å². The molecule has 0 unspecified atom stereocenters. The first-order valence-corrected chi connectivity index (χ1v) is 6.90. The molecule has 3 N–H and O–H groups in total. The highest BCUT2D eigenvalue weighted by Gasteiger charge is 2.04. The molecule has 0 heterocycles. The molecule has 0 bridgehead atoms. The maximum Gasteiger partial charge on any atom is 0.335 e. The number of carbonyl (C=O) groups is 2. The fraction of sp³-hybridized carbons (Fsp3) is 0.0667. The van der Waals surface area contributed by atoms with E-state index in [9.17, 15) is 9.59 Å². The lowest BCUT2D eigenvalue weighted by atomic mass is 10.1. The molecular weight excluding hydrogens is 274 g/mol. The van der Waals surface area contributed by atoms with E-state index >= 15 is 0 Å². The van der Waals surface area contributed by atoms with Gasteiger partial charge < -0.3 is 10.8 Å². The quantitative estimate of drug-likeness (QED) is 0.829. The molecule has 0 aliphatic carbocycles. The molecule has 0 saturated carbocycles. The van der Waals surface area contributed by atoms with Crippen LogP contribution < -0.4 is 5.73 Å². The van der Waals surface area contributed by atoms with Gasteiger partial charge in [0.15, 0.2) is 0 Å². The monoisotopic (exact) mass is 287 g/mol. The van der Waals surface area contributed by atoms with E-state index in [4.69, 9.17) is 10.8 Å². The van der Waals surface area contributed by atoms with Crippen LogP contribution in [0, 0.1) is 0 Å². The molecule has 5 heteroatoms. The highest BCUT2D eigenvalue weighted by Crippen LogP contribution is 2.23. The molecule has 0 fully saturated rings. The summed E-state index contributed by atoms with van der Waals surface area (Å²) in [5.74, 6) is -0.682. The predicted molar refractivity (Wildman–Crippen MR) is 77.9 cm³/mol. The highest BCUT2D eigenvalue weighted by atomic mass is 32.2. The van der Waals surface area contributed by atoms with Gasteiger partial charge in [-0.25, -0.2) is 4.79 Å². The lowest BCUT2D eigenvalue weighted by Crippen LogP contribution is -2.10. The van der Waals surface area contributed by atoms with E-state index in [0.29, 0.717) is 11.3 Å². The summed E-state index contributed by atoms with van der Waals surface area (Å²) < 4.78 is 0. The van der Waals surface area contributed by atoms with Gasteiger partial charge in [-0.1, -0.05) is 18.2 Å². The second kappa shape index (κ2) is 6.25. The van der Waals surface area contributed by atoms with Gasteiger partial charge >= 0.3 is 5.97 Å². The van der Waals surface area contributed by atoms with Gasteiger partial charge in [-0.2, -0.15) is 0 Å². The van der Waals surface area contributed by atoms with Crippen LogP contribution in [0.2, 0.25) is 0 Å². The van der Waals surface area contributed by atoms with Gasteiger partial charge in [0.1, 0.15) is 0 Å². The Morgan fingerprint density at radius 2 is 1.75 bits per heavy atom. The Hall–Kier alpha value is -2.27. The molecule has 2 aromatic carbocycles. The molecule has 0 aromatic heterocycles. The minimum absolute atomic E-state index is 0.277. The Labute approximate surface area is 120 Å². The number of nitrogens with two attached hydrogens (primary N) is 1. The van der Waals surface area contributed by atoms with Gasteiger partial charge in [0.25, 0.3) is 0 Å². The van der Waals surface area contributed by atoms with Crippen molar-refractivity contribution in [2.45, 2.75) is 10.6 Å². The van der Waals surface area contributed by atoms with Crippen LogP contribution >= 0.6 is 11.8 Å². The van der Waals surface area contributed by atoms with Crippen LogP contribution in [-0.4, -0.2) is 17.0 Å². The van der Waals surface area contributed by atoms with Gasteiger partial charge in [0, 0.05) is 16.2 Å². The molecular formula is C15H13NO3S. The van der Waals surface area contributed by atoms with Crippen molar-refractivity contribution >= 4 is 23.6 Å². The number of rotatable bonds is 5. The van der Waals surface area contributed by atoms with E-state index < -0.39 is 11.9 Å². The number of aromatic carboxylic acids is 1. The van der Waals surface area contributed by atoms with E-state index in [1.165, 1.54) is 11.8 Å². The zero-order valence-electron chi connectivity index (χ0n) is 10.6. The molecule has 102 valence electrons. The SMILES string of the molecule is NC(=O)c1ccc(CSc2cccc(C(=O)O)c2)cc1. The van der Waals surface area contributed by atoms with E-state index in [1.54, 1.807) is 30.3 Å². The summed E-state index contributed by atoms with van der Waals surface area (Å²) in [6, 6.07) is 13.9. The number of carboxylic acids is 1. The molecule has 0 aliphatic rings. The van der Waals surface area contributed by atoms with Gasteiger partial charge in [0.2, 0.25) is 5.91 Å². The number of thioether (sulfide) groups is 1. The Kier molecular flexibility index (Phi) is 4.42. The Bertz CT molecular complexity index is 638. The van der Waals surface area contributed by atoms with Crippen molar-refractivity contribution in [1.29, 1.82) is 0 Å². The number of amides is 1. The first-order valence-electron chi connectivity index (χ1n) is 5.91. The maximum absolute atomic E-state index is 11.0. The van der Waals surface area contributed by atoms with Crippen LogP contribution in [0.15, 0.2) is 53.4 Å². The van der Waals surface area contributed by atoms with Gasteiger partial charge in [0.05, 0.1) is 5.56 Å². The smallest absolute Gasteiger partial charge is 0.335 e. The molecule has 0 atom stereocenters. The number of benzene rings is 2. The number of hydrogen-bond donors (Lipinski definition) is 2. The van der Waals surface area contributed by atoms with Gasteiger partial charge in [-0.05, 0) is 35.9 Å². The zero-order valence-corrected chi connectivity index (χ0v) is 11.4. The third-order valence-electron chi connectivity index (χ3n) is 2.72. The van der Waals surface area contributed by atoms with Crippen molar-refractivity contribution in [2.24, 2.45) is 5.73 Å². The first-order chi connectivity index (χ1) is 9.56. The molecule has 2 rings (SSSR count). The molecule has 20 heavy (non-hydrogen) atoms. The number of hydrogen-bond acceptors (Lipinski definition) is 3. The predicted octanol–water partition coefficient (Wildman–Crippen LogP) is 2.78. The zero-order chi connectivity index (χ0) is 14.5. The molecule has 0 aliphatic heterocycles. The van der Waals surface area contributed by atoms with Crippen molar-refractivity contribution in [1.82, 2.24) is 0 Å². The summed E-state index contributed by atoms with van der Waals surface area (Å²) in [5.41, 5.74) is 6.97. The summed E-state index contributed by atoms with van der Waals surface area (Å²) in [5, 5.41) is 8.92. The maximum atomic E-state index is 11.0. The minimum atomic E-state index is -0.932. The number of primary amides is 1. The van der Waals surface area contributed by atoms with Crippen molar-refractivity contribution < 1.29 is 14.7 Å². The molecule has 4 nitrogen and oxygen atoms in total. The summed E-state index contributed by atoms with van der Waals surface area (Å²) in [7, 11) is 0. The Morgan fingerprint density at radius 3 is 2.35 bits per heavy atom. The van der Waals surface area contributed by atoms with Crippen LogP contribution in [0.3, 0.4) is 0 Å². The largest absolute Gasteiger partial charge is 0.478 e. The third-order valence-corrected chi connectivity index (χ3v) is 3.79.